The third kappa shape index (κ3) is 3.99. The minimum atomic E-state index is -0.246. The van der Waals surface area contributed by atoms with Crippen LogP contribution in [0.4, 0.5) is 0 Å². The monoisotopic (exact) mass is 436 g/mol. The van der Waals surface area contributed by atoms with E-state index in [9.17, 15) is 4.79 Å². The predicted octanol–water partition coefficient (Wildman–Crippen LogP) is 4.58. The van der Waals surface area contributed by atoms with Crippen molar-refractivity contribution >= 4 is 55.2 Å². The van der Waals surface area contributed by atoms with Gasteiger partial charge in [-0.3, -0.25) is 4.79 Å². The van der Waals surface area contributed by atoms with Crippen LogP contribution >= 0.6 is 39.0 Å². The molecule has 0 aliphatic heterocycles. The molecule has 1 amide bonds. The van der Waals surface area contributed by atoms with Crippen molar-refractivity contribution in [3.63, 3.8) is 0 Å². The summed E-state index contributed by atoms with van der Waals surface area (Å²) in [6, 6.07) is 13.3. The molecule has 4 nitrogen and oxygen atoms in total. The number of thiazole rings is 1. The number of halogens is 1. The van der Waals surface area contributed by atoms with Crippen molar-refractivity contribution in [2.45, 2.75) is 6.54 Å². The summed E-state index contributed by atoms with van der Waals surface area (Å²) in [5.41, 5.74) is 1.60. The van der Waals surface area contributed by atoms with Crippen molar-refractivity contribution < 1.29 is 9.53 Å². The zero-order valence-electron chi connectivity index (χ0n) is 13.9. The van der Waals surface area contributed by atoms with Crippen LogP contribution in [0.1, 0.15) is 10.4 Å². The zero-order valence-corrected chi connectivity index (χ0v) is 17.1. The van der Waals surface area contributed by atoms with E-state index in [0.29, 0.717) is 10.4 Å². The Morgan fingerprint density at radius 3 is 2.84 bits per heavy atom. The highest BCUT2D eigenvalue weighted by atomic mass is 79.9. The number of carbonyl (C=O) groups is 1. The number of amides is 1. The fourth-order valence-electron chi connectivity index (χ4n) is 2.44. The van der Waals surface area contributed by atoms with Gasteiger partial charge in [0.15, 0.2) is 4.80 Å². The number of hydrogen-bond donors (Lipinski definition) is 0. The Labute approximate surface area is 162 Å². The molecule has 25 heavy (non-hydrogen) atoms. The van der Waals surface area contributed by atoms with Crippen LogP contribution in [-0.4, -0.2) is 29.6 Å². The second-order valence-electron chi connectivity index (χ2n) is 5.26. The topological polar surface area (TPSA) is 43.6 Å². The summed E-state index contributed by atoms with van der Waals surface area (Å²) >= 11 is 6.70. The van der Waals surface area contributed by atoms with Crippen LogP contribution in [0, 0.1) is 0 Å². The average Bonchev–Trinajstić information content (AvgIpc) is 2.96. The van der Waals surface area contributed by atoms with Gasteiger partial charge in [-0.25, -0.2) is 0 Å². The highest BCUT2D eigenvalue weighted by Gasteiger charge is 2.12. The van der Waals surface area contributed by atoms with Gasteiger partial charge in [0.25, 0.3) is 5.91 Å². The number of fused-ring (bicyclic) bond motifs is 1. The van der Waals surface area contributed by atoms with E-state index in [1.165, 1.54) is 11.3 Å². The number of hydrogen-bond acceptors (Lipinski definition) is 4. The van der Waals surface area contributed by atoms with Crippen molar-refractivity contribution in [2.75, 3.05) is 19.1 Å². The van der Waals surface area contributed by atoms with E-state index in [1.807, 2.05) is 36.4 Å². The van der Waals surface area contributed by atoms with Gasteiger partial charge in [-0.15, -0.1) is 0 Å². The van der Waals surface area contributed by atoms with Crippen LogP contribution in [-0.2, 0) is 6.54 Å². The van der Waals surface area contributed by atoms with Gasteiger partial charge in [0.1, 0.15) is 5.75 Å². The van der Waals surface area contributed by atoms with Gasteiger partial charge >= 0.3 is 0 Å². The van der Waals surface area contributed by atoms with E-state index in [0.717, 1.165) is 32.7 Å². The Morgan fingerprint density at radius 2 is 2.12 bits per heavy atom. The SMILES string of the molecule is COc1ccc2sc(=NC(=O)c3ccccc3Br)n(CCSC)c2c1. The van der Waals surface area contributed by atoms with E-state index in [1.54, 1.807) is 24.9 Å². The molecule has 0 bridgehead atoms. The molecule has 0 N–H and O–H groups in total. The highest BCUT2D eigenvalue weighted by molar-refractivity contribution is 9.10. The maximum atomic E-state index is 12.6. The summed E-state index contributed by atoms with van der Waals surface area (Å²) in [5.74, 6) is 1.50. The molecule has 0 saturated carbocycles. The molecule has 0 spiro atoms. The first-order valence-corrected chi connectivity index (χ1v) is 10.6. The lowest BCUT2D eigenvalue weighted by Gasteiger charge is -2.05. The fraction of sp³-hybridized carbons (Fsp3) is 0.222. The first kappa shape index (κ1) is 18.2. The summed E-state index contributed by atoms with van der Waals surface area (Å²) in [7, 11) is 1.65. The number of ether oxygens (including phenoxy) is 1. The highest BCUT2D eigenvalue weighted by Crippen LogP contribution is 2.23. The van der Waals surface area contributed by atoms with Crippen LogP contribution in [0.15, 0.2) is 51.9 Å². The summed E-state index contributed by atoms with van der Waals surface area (Å²) in [5, 5.41) is 0. The van der Waals surface area contributed by atoms with Gasteiger partial charge in [-0.2, -0.15) is 16.8 Å². The molecule has 1 heterocycles. The molecule has 3 rings (SSSR count). The Morgan fingerprint density at radius 1 is 1.32 bits per heavy atom. The second-order valence-corrected chi connectivity index (χ2v) is 8.11. The molecule has 0 aliphatic rings. The molecule has 0 radical (unpaired) electrons. The number of rotatable bonds is 5. The molecular weight excluding hydrogens is 420 g/mol. The van der Waals surface area contributed by atoms with Gasteiger partial charge in [0.2, 0.25) is 0 Å². The summed E-state index contributed by atoms with van der Waals surface area (Å²) in [6.45, 7) is 0.788. The van der Waals surface area contributed by atoms with Crippen LogP contribution in [0.3, 0.4) is 0 Å². The summed E-state index contributed by atoms with van der Waals surface area (Å²) < 4.78 is 9.27. The predicted molar refractivity (Wildman–Crippen MR) is 109 cm³/mol. The number of aromatic nitrogens is 1. The minimum Gasteiger partial charge on any atom is -0.497 e. The lowest BCUT2D eigenvalue weighted by molar-refractivity contribution is 0.0997. The number of nitrogens with zero attached hydrogens (tertiary/aromatic N) is 2. The molecule has 0 fully saturated rings. The smallest absolute Gasteiger partial charge is 0.280 e. The molecule has 1 aromatic heterocycles. The Hall–Kier alpha value is -1.57. The second kappa shape index (κ2) is 8.21. The normalized spacial score (nSPS) is 11.9. The summed E-state index contributed by atoms with van der Waals surface area (Å²) in [6.07, 6.45) is 2.07. The number of benzene rings is 2. The standard InChI is InChI=1S/C18H17BrN2O2S2/c1-23-12-7-8-16-15(11-12)21(9-10-24-2)18(25-16)20-17(22)13-5-3-4-6-14(13)19/h3-8,11H,9-10H2,1-2H3. The first-order valence-electron chi connectivity index (χ1n) is 7.64. The molecule has 130 valence electrons. The lowest BCUT2D eigenvalue weighted by Crippen LogP contribution is -2.18. The third-order valence-electron chi connectivity index (χ3n) is 3.71. The quantitative estimate of drug-likeness (QED) is 0.587. The largest absolute Gasteiger partial charge is 0.497 e. The van der Waals surface area contributed by atoms with Crippen LogP contribution in [0.25, 0.3) is 10.2 Å². The molecule has 3 aromatic rings. The van der Waals surface area contributed by atoms with Crippen LogP contribution < -0.4 is 9.54 Å². The first-order chi connectivity index (χ1) is 12.1. The van der Waals surface area contributed by atoms with Crippen molar-refractivity contribution in [3.05, 3.63) is 57.3 Å². The zero-order chi connectivity index (χ0) is 17.8. The molecule has 0 saturated heterocycles. The number of thioether (sulfide) groups is 1. The van der Waals surface area contributed by atoms with Crippen molar-refractivity contribution in [1.29, 1.82) is 0 Å². The van der Waals surface area contributed by atoms with Gasteiger partial charge in [-0.05, 0) is 46.5 Å². The van der Waals surface area contributed by atoms with Gasteiger partial charge in [0.05, 0.1) is 22.9 Å². The maximum Gasteiger partial charge on any atom is 0.280 e. The fourth-order valence-corrected chi connectivity index (χ4v) is 4.30. The van der Waals surface area contributed by atoms with Crippen molar-refractivity contribution in [1.82, 2.24) is 4.57 Å². The Kier molecular flexibility index (Phi) is 5.98. The van der Waals surface area contributed by atoms with E-state index in [4.69, 9.17) is 4.74 Å². The molecule has 0 atom stereocenters. The van der Waals surface area contributed by atoms with E-state index >= 15 is 0 Å². The van der Waals surface area contributed by atoms with Gasteiger partial charge in [-0.1, -0.05) is 23.5 Å². The minimum absolute atomic E-state index is 0.246. The van der Waals surface area contributed by atoms with Crippen molar-refractivity contribution in [2.24, 2.45) is 4.99 Å². The maximum absolute atomic E-state index is 12.6. The van der Waals surface area contributed by atoms with Crippen LogP contribution in [0.2, 0.25) is 0 Å². The molecule has 0 aliphatic carbocycles. The molecule has 7 heteroatoms. The molecule has 2 aromatic carbocycles. The third-order valence-corrected chi connectivity index (χ3v) is 6.05. The van der Waals surface area contributed by atoms with E-state index < -0.39 is 0 Å². The van der Waals surface area contributed by atoms with E-state index in [-0.39, 0.29) is 5.91 Å². The number of methoxy groups -OCH3 is 1. The summed E-state index contributed by atoms with van der Waals surface area (Å²) in [4.78, 5) is 17.7. The van der Waals surface area contributed by atoms with Gasteiger partial charge < -0.3 is 9.30 Å². The molecular formula is C18H17BrN2O2S2. The lowest BCUT2D eigenvalue weighted by atomic mass is 10.2. The van der Waals surface area contributed by atoms with Crippen LogP contribution in [0.5, 0.6) is 5.75 Å². The average molecular weight is 437 g/mol. The molecule has 0 unspecified atom stereocenters. The van der Waals surface area contributed by atoms with E-state index in [2.05, 4.69) is 31.7 Å². The number of carbonyl (C=O) groups excluding carboxylic acids is 1. The van der Waals surface area contributed by atoms with Gasteiger partial charge in [0, 0.05) is 22.8 Å². The Balaban J connectivity index is 2.13. The number of aryl methyl sites for hydroxylation is 1. The van der Waals surface area contributed by atoms with Crippen molar-refractivity contribution in [3.8, 4) is 5.75 Å². The Bertz CT molecular complexity index is 979.